The molecule has 0 aliphatic carbocycles. The van der Waals surface area contributed by atoms with Crippen molar-refractivity contribution in [1.82, 2.24) is 0 Å². The molecule has 5 atom stereocenters. The Morgan fingerprint density at radius 1 is 0.867 bits per heavy atom. The molecule has 1 aliphatic heterocycles. The van der Waals surface area contributed by atoms with Crippen LogP contribution in [0.2, 0.25) is 0 Å². The fourth-order valence-electron chi connectivity index (χ4n) is 3.19. The Balaban J connectivity index is 1.94. The minimum absolute atomic E-state index is 0.0807. The molecule has 2 aromatic rings. The minimum Gasteiger partial charge on any atom is -0.504 e. The first kappa shape index (κ1) is 21.9. The summed E-state index contributed by atoms with van der Waals surface area (Å²) in [6.07, 6.45) is -7.37. The number of hydrogen-bond donors (Lipinski definition) is 6. The molecule has 0 amide bonds. The molecule has 0 aromatic heterocycles. The molecular formula is C20H24O10. The number of rotatable bonds is 6. The van der Waals surface area contributed by atoms with Gasteiger partial charge in [0, 0.05) is 5.56 Å². The number of aromatic hydroxyl groups is 2. The number of aliphatic hydroxyl groups excluding tert-OH is 4. The van der Waals surface area contributed by atoms with Crippen LogP contribution >= 0.6 is 0 Å². The van der Waals surface area contributed by atoms with E-state index in [1.54, 1.807) is 12.1 Å². The first-order valence-electron chi connectivity index (χ1n) is 9.06. The highest BCUT2D eigenvalue weighted by molar-refractivity contribution is 5.77. The highest BCUT2D eigenvalue weighted by Gasteiger charge is 2.45. The topological polar surface area (TPSA) is 158 Å². The molecule has 3 rings (SSSR count). The van der Waals surface area contributed by atoms with Crippen molar-refractivity contribution in [3.05, 3.63) is 30.3 Å². The molecule has 0 spiro atoms. The molecule has 10 heteroatoms. The van der Waals surface area contributed by atoms with Crippen molar-refractivity contribution in [3.8, 4) is 39.9 Å². The second-order valence-electron chi connectivity index (χ2n) is 6.70. The Morgan fingerprint density at radius 3 is 2.07 bits per heavy atom. The van der Waals surface area contributed by atoms with E-state index >= 15 is 0 Å². The van der Waals surface area contributed by atoms with Gasteiger partial charge in [-0.3, -0.25) is 0 Å². The van der Waals surface area contributed by atoms with Crippen molar-refractivity contribution < 1.29 is 49.6 Å². The smallest absolute Gasteiger partial charge is 0.229 e. The van der Waals surface area contributed by atoms with Gasteiger partial charge in [0.2, 0.25) is 12.0 Å². The molecule has 164 valence electrons. The van der Waals surface area contributed by atoms with E-state index in [1.165, 1.54) is 32.4 Å². The molecule has 1 saturated heterocycles. The molecule has 6 N–H and O–H groups in total. The van der Waals surface area contributed by atoms with Crippen LogP contribution in [-0.2, 0) is 4.74 Å². The number of hydrogen-bond acceptors (Lipinski definition) is 10. The van der Waals surface area contributed by atoms with E-state index in [-0.39, 0.29) is 28.7 Å². The maximum Gasteiger partial charge on any atom is 0.229 e. The number of aliphatic hydroxyl groups is 4. The summed E-state index contributed by atoms with van der Waals surface area (Å²) in [4.78, 5) is 0. The quantitative estimate of drug-likeness (QED) is 0.372. The van der Waals surface area contributed by atoms with Crippen LogP contribution in [0.25, 0.3) is 11.1 Å². The summed E-state index contributed by atoms with van der Waals surface area (Å²) in [5.74, 6) is -0.336. The number of benzene rings is 2. The summed E-state index contributed by atoms with van der Waals surface area (Å²) < 4.78 is 21.1. The zero-order valence-electron chi connectivity index (χ0n) is 16.3. The van der Waals surface area contributed by atoms with E-state index in [0.29, 0.717) is 11.1 Å². The predicted octanol–water partition coefficient (Wildman–Crippen LogP) is -0.0393. The van der Waals surface area contributed by atoms with Gasteiger partial charge in [0.05, 0.1) is 20.8 Å². The Kier molecular flexibility index (Phi) is 6.54. The van der Waals surface area contributed by atoms with Crippen LogP contribution in [0.4, 0.5) is 0 Å². The molecule has 10 nitrogen and oxygen atoms in total. The van der Waals surface area contributed by atoms with Gasteiger partial charge in [-0.15, -0.1) is 0 Å². The Bertz CT molecular complexity index is 859. The third-order valence-corrected chi connectivity index (χ3v) is 4.88. The third-order valence-electron chi connectivity index (χ3n) is 4.88. The maximum absolute atomic E-state index is 10.7. The SMILES string of the molecule is COc1cc(-c2cccc(O[C@@H]3O[C@H](CO)[C@@H](O)[C@H](O)[C@H]3O)c2O)cc(OC)c1O. The van der Waals surface area contributed by atoms with Gasteiger partial charge in [-0.1, -0.05) is 12.1 Å². The third kappa shape index (κ3) is 3.95. The summed E-state index contributed by atoms with van der Waals surface area (Å²) in [6, 6.07) is 7.55. The van der Waals surface area contributed by atoms with Crippen LogP contribution in [0.15, 0.2) is 30.3 Å². The summed E-state index contributed by atoms with van der Waals surface area (Å²) in [6.45, 7) is -0.607. The van der Waals surface area contributed by atoms with E-state index < -0.39 is 37.3 Å². The second kappa shape index (κ2) is 8.94. The van der Waals surface area contributed by atoms with Crippen molar-refractivity contribution >= 4 is 0 Å². The lowest BCUT2D eigenvalue weighted by Gasteiger charge is -2.39. The van der Waals surface area contributed by atoms with E-state index in [1.807, 2.05) is 0 Å². The van der Waals surface area contributed by atoms with Crippen molar-refractivity contribution in [2.75, 3.05) is 20.8 Å². The predicted molar refractivity (Wildman–Crippen MR) is 103 cm³/mol. The molecule has 1 aliphatic rings. The highest BCUT2D eigenvalue weighted by atomic mass is 16.7. The average Bonchev–Trinajstić information content (AvgIpc) is 2.75. The molecule has 0 unspecified atom stereocenters. The molecule has 2 aromatic carbocycles. The normalized spacial score (nSPS) is 26.3. The Morgan fingerprint density at radius 2 is 1.50 bits per heavy atom. The lowest BCUT2D eigenvalue weighted by atomic mass is 9.99. The van der Waals surface area contributed by atoms with Crippen molar-refractivity contribution in [3.63, 3.8) is 0 Å². The van der Waals surface area contributed by atoms with Crippen molar-refractivity contribution in [2.45, 2.75) is 30.7 Å². The first-order chi connectivity index (χ1) is 14.3. The maximum atomic E-state index is 10.7. The van der Waals surface area contributed by atoms with Crippen LogP contribution in [0, 0.1) is 0 Å². The fraction of sp³-hybridized carbons (Fsp3) is 0.400. The lowest BCUT2D eigenvalue weighted by Crippen LogP contribution is -2.60. The van der Waals surface area contributed by atoms with Gasteiger partial charge in [-0.05, 0) is 23.8 Å². The molecule has 30 heavy (non-hydrogen) atoms. The van der Waals surface area contributed by atoms with Crippen LogP contribution in [-0.4, -0.2) is 82.2 Å². The lowest BCUT2D eigenvalue weighted by molar-refractivity contribution is -0.277. The van der Waals surface area contributed by atoms with E-state index in [4.69, 9.17) is 18.9 Å². The molecule has 0 saturated carbocycles. The summed E-state index contributed by atoms with van der Waals surface area (Å²) >= 11 is 0. The molecule has 0 bridgehead atoms. The molecule has 0 radical (unpaired) electrons. The molecular weight excluding hydrogens is 400 g/mol. The minimum atomic E-state index is -1.63. The van der Waals surface area contributed by atoms with Gasteiger partial charge in [0.1, 0.15) is 24.4 Å². The van der Waals surface area contributed by atoms with Crippen molar-refractivity contribution in [2.24, 2.45) is 0 Å². The summed E-state index contributed by atoms with van der Waals surface area (Å²) in [7, 11) is 2.74. The van der Waals surface area contributed by atoms with Crippen LogP contribution in [0.1, 0.15) is 0 Å². The van der Waals surface area contributed by atoms with Crippen LogP contribution < -0.4 is 14.2 Å². The summed E-state index contributed by atoms with van der Waals surface area (Å²) in [5.41, 5.74) is 0.743. The standard InChI is InChI=1S/C20H24O10/c1-27-12-6-9(7-13(28-2)16(12)23)10-4-3-5-11(15(10)22)29-20-19(26)18(25)17(24)14(8-21)30-20/h3-7,14,17-26H,8H2,1-2H3/t14-,17-,18+,19-,20-/m1/s1. The number of phenolic OH excluding ortho intramolecular Hbond substituents is 2. The zero-order valence-corrected chi connectivity index (χ0v) is 16.3. The van der Waals surface area contributed by atoms with E-state index in [0.717, 1.165) is 0 Å². The van der Waals surface area contributed by atoms with Gasteiger partial charge in [-0.25, -0.2) is 0 Å². The van der Waals surface area contributed by atoms with Gasteiger partial charge in [-0.2, -0.15) is 0 Å². The molecule has 1 fully saturated rings. The zero-order chi connectivity index (χ0) is 22.0. The van der Waals surface area contributed by atoms with E-state index in [9.17, 15) is 30.6 Å². The van der Waals surface area contributed by atoms with Crippen molar-refractivity contribution in [1.29, 1.82) is 0 Å². The number of ether oxygens (including phenoxy) is 4. The second-order valence-corrected chi connectivity index (χ2v) is 6.70. The largest absolute Gasteiger partial charge is 0.504 e. The average molecular weight is 424 g/mol. The van der Waals surface area contributed by atoms with Crippen LogP contribution in [0.5, 0.6) is 28.7 Å². The van der Waals surface area contributed by atoms with Gasteiger partial charge < -0.3 is 49.6 Å². The first-order valence-corrected chi connectivity index (χ1v) is 9.06. The van der Waals surface area contributed by atoms with Gasteiger partial charge >= 0.3 is 0 Å². The Labute approximate surface area is 172 Å². The monoisotopic (exact) mass is 424 g/mol. The van der Waals surface area contributed by atoms with Crippen LogP contribution in [0.3, 0.4) is 0 Å². The Hall–Kier alpha value is -2.76. The van der Waals surface area contributed by atoms with E-state index in [2.05, 4.69) is 0 Å². The number of phenols is 2. The van der Waals surface area contributed by atoms with Gasteiger partial charge in [0.25, 0.3) is 0 Å². The number of para-hydroxylation sites is 1. The molecule has 1 heterocycles. The summed E-state index contributed by atoms with van der Waals surface area (Å²) in [5, 5.41) is 60.0. The fourth-order valence-corrected chi connectivity index (χ4v) is 3.19. The number of methoxy groups -OCH3 is 2. The highest BCUT2D eigenvalue weighted by Crippen LogP contribution is 2.44. The van der Waals surface area contributed by atoms with Gasteiger partial charge in [0.15, 0.2) is 23.0 Å².